The number of nitrogens with one attached hydrogen (secondary N) is 2. The molecule has 0 amide bonds. The van der Waals surface area contributed by atoms with Crippen LogP contribution in [0.25, 0.3) is 10.9 Å². The van der Waals surface area contributed by atoms with Gasteiger partial charge in [0, 0.05) is 48.0 Å². The van der Waals surface area contributed by atoms with Gasteiger partial charge in [-0.15, -0.1) is 0 Å². The molecular formula is C24H24N8O. The summed E-state index contributed by atoms with van der Waals surface area (Å²) in [6.07, 6.45) is 4.69. The highest BCUT2D eigenvalue weighted by Crippen LogP contribution is 2.33. The average Bonchev–Trinajstić information content (AvgIpc) is 3.49. The smallest absolute Gasteiger partial charge is 0.250 e. The molecule has 2 aromatic heterocycles. The molecule has 2 aliphatic heterocycles. The van der Waals surface area contributed by atoms with Crippen LogP contribution < -0.4 is 15.2 Å². The zero-order valence-electron chi connectivity index (χ0n) is 18.1. The molecule has 0 atom stereocenters. The molecular weight excluding hydrogens is 416 g/mol. The van der Waals surface area contributed by atoms with Gasteiger partial charge in [0.1, 0.15) is 0 Å². The lowest BCUT2D eigenvalue weighted by Gasteiger charge is -2.28. The number of H-pyrrole nitrogens is 1. The maximum Gasteiger partial charge on any atom is 0.250 e. The SMILES string of the molecule is C(=N\Nc1nc(N2CCOCC2)nc(N2CCc3ccccc32)n1)/c1c[nH]c2ccccc12. The Hall–Kier alpha value is -3.98. The summed E-state index contributed by atoms with van der Waals surface area (Å²) in [5.74, 6) is 1.68. The second kappa shape index (κ2) is 8.51. The molecule has 0 unspecified atom stereocenters. The molecule has 9 nitrogen and oxygen atoms in total. The van der Waals surface area contributed by atoms with Crippen LogP contribution in [0.5, 0.6) is 0 Å². The van der Waals surface area contributed by atoms with Gasteiger partial charge in [-0.3, -0.25) is 0 Å². The van der Waals surface area contributed by atoms with E-state index in [-0.39, 0.29) is 0 Å². The van der Waals surface area contributed by atoms with E-state index in [0.717, 1.165) is 48.2 Å². The maximum absolute atomic E-state index is 5.50. The van der Waals surface area contributed by atoms with E-state index in [9.17, 15) is 0 Å². The summed E-state index contributed by atoms with van der Waals surface area (Å²) in [5, 5.41) is 5.54. The van der Waals surface area contributed by atoms with Crippen molar-refractivity contribution in [2.75, 3.05) is 48.1 Å². The Labute approximate surface area is 191 Å². The van der Waals surface area contributed by atoms with Crippen molar-refractivity contribution in [3.8, 4) is 0 Å². The summed E-state index contributed by atoms with van der Waals surface area (Å²) < 4.78 is 5.50. The van der Waals surface area contributed by atoms with Crippen molar-refractivity contribution in [2.45, 2.75) is 6.42 Å². The molecule has 1 fully saturated rings. The second-order valence-electron chi connectivity index (χ2n) is 8.05. The normalized spacial score (nSPS) is 16.0. The van der Waals surface area contributed by atoms with E-state index < -0.39 is 0 Å². The predicted octanol–water partition coefficient (Wildman–Crippen LogP) is 3.33. The van der Waals surface area contributed by atoms with E-state index in [1.807, 2.05) is 30.5 Å². The lowest BCUT2D eigenvalue weighted by atomic mass is 10.2. The number of fused-ring (bicyclic) bond motifs is 2. The Morgan fingerprint density at radius 1 is 0.939 bits per heavy atom. The van der Waals surface area contributed by atoms with E-state index in [4.69, 9.17) is 14.7 Å². The fourth-order valence-electron chi connectivity index (χ4n) is 4.34. The number of benzene rings is 2. The fraction of sp³-hybridized carbons (Fsp3) is 0.250. The minimum Gasteiger partial charge on any atom is -0.378 e. The van der Waals surface area contributed by atoms with Crippen LogP contribution in [0.15, 0.2) is 59.8 Å². The largest absolute Gasteiger partial charge is 0.378 e. The zero-order valence-corrected chi connectivity index (χ0v) is 18.1. The van der Waals surface area contributed by atoms with Crippen LogP contribution in [-0.4, -0.2) is 59.0 Å². The van der Waals surface area contributed by atoms with Gasteiger partial charge >= 0.3 is 0 Å². The molecule has 0 bridgehead atoms. The van der Waals surface area contributed by atoms with Gasteiger partial charge in [0.25, 0.3) is 0 Å². The third-order valence-electron chi connectivity index (χ3n) is 6.02. The first-order valence-corrected chi connectivity index (χ1v) is 11.1. The van der Waals surface area contributed by atoms with E-state index in [0.29, 0.717) is 31.1 Å². The Kier molecular flexibility index (Phi) is 5.08. The molecule has 2 N–H and O–H groups in total. The quantitative estimate of drug-likeness (QED) is 0.363. The molecule has 1 saturated heterocycles. The van der Waals surface area contributed by atoms with Crippen molar-refractivity contribution in [1.82, 2.24) is 19.9 Å². The maximum atomic E-state index is 5.50. The summed E-state index contributed by atoms with van der Waals surface area (Å²) in [6.45, 7) is 3.66. The first-order chi connectivity index (χ1) is 16.3. The van der Waals surface area contributed by atoms with Crippen molar-refractivity contribution in [2.24, 2.45) is 5.10 Å². The fourth-order valence-corrected chi connectivity index (χ4v) is 4.34. The van der Waals surface area contributed by atoms with Crippen LogP contribution in [0.4, 0.5) is 23.5 Å². The highest BCUT2D eigenvalue weighted by Gasteiger charge is 2.25. The molecule has 2 aromatic carbocycles. The molecule has 4 heterocycles. The van der Waals surface area contributed by atoms with Crippen LogP contribution in [0.2, 0.25) is 0 Å². The number of hydrazone groups is 1. The Balaban J connectivity index is 1.32. The molecule has 4 aromatic rings. The van der Waals surface area contributed by atoms with Crippen LogP contribution in [0, 0.1) is 0 Å². The molecule has 0 spiro atoms. The van der Waals surface area contributed by atoms with E-state index in [2.05, 4.69) is 54.6 Å². The number of nitrogens with zero attached hydrogens (tertiary/aromatic N) is 6. The number of aromatic nitrogens is 4. The van der Waals surface area contributed by atoms with Crippen LogP contribution in [0.1, 0.15) is 11.1 Å². The first kappa shape index (κ1) is 19.7. The second-order valence-corrected chi connectivity index (χ2v) is 8.05. The summed E-state index contributed by atoms with van der Waals surface area (Å²) in [7, 11) is 0. The predicted molar refractivity (Wildman–Crippen MR) is 130 cm³/mol. The van der Waals surface area contributed by atoms with Crippen molar-refractivity contribution in [3.05, 3.63) is 65.9 Å². The Bertz CT molecular complexity index is 1310. The number of hydrogen-bond donors (Lipinski definition) is 2. The number of ether oxygens (including phenoxy) is 1. The number of hydrogen-bond acceptors (Lipinski definition) is 8. The Morgan fingerprint density at radius 3 is 2.70 bits per heavy atom. The molecule has 6 rings (SSSR count). The summed E-state index contributed by atoms with van der Waals surface area (Å²) >= 11 is 0. The molecule has 2 aliphatic rings. The molecule has 9 heteroatoms. The van der Waals surface area contributed by atoms with E-state index in [1.165, 1.54) is 5.56 Å². The van der Waals surface area contributed by atoms with Gasteiger partial charge in [0.2, 0.25) is 17.8 Å². The summed E-state index contributed by atoms with van der Waals surface area (Å²) in [6, 6.07) is 16.5. The monoisotopic (exact) mass is 440 g/mol. The minimum absolute atomic E-state index is 0.418. The van der Waals surface area contributed by atoms with Gasteiger partial charge in [-0.2, -0.15) is 20.1 Å². The summed E-state index contributed by atoms with van der Waals surface area (Å²) in [4.78, 5) is 21.7. The van der Waals surface area contributed by atoms with Crippen LogP contribution in [-0.2, 0) is 11.2 Å². The Morgan fingerprint density at radius 2 is 1.76 bits per heavy atom. The topological polar surface area (TPSA) is 94.6 Å². The average molecular weight is 441 g/mol. The number of rotatable bonds is 5. The lowest BCUT2D eigenvalue weighted by Crippen LogP contribution is -2.37. The lowest BCUT2D eigenvalue weighted by molar-refractivity contribution is 0.122. The molecule has 33 heavy (non-hydrogen) atoms. The number of morpholine rings is 1. The van der Waals surface area contributed by atoms with Gasteiger partial charge in [0.15, 0.2) is 0 Å². The molecule has 166 valence electrons. The van der Waals surface area contributed by atoms with E-state index in [1.54, 1.807) is 6.21 Å². The van der Waals surface area contributed by atoms with Gasteiger partial charge in [-0.1, -0.05) is 36.4 Å². The summed E-state index contributed by atoms with van der Waals surface area (Å²) in [5.41, 5.74) is 7.54. The van der Waals surface area contributed by atoms with Gasteiger partial charge in [-0.25, -0.2) is 5.43 Å². The van der Waals surface area contributed by atoms with Crippen LogP contribution >= 0.6 is 0 Å². The first-order valence-electron chi connectivity index (χ1n) is 11.1. The van der Waals surface area contributed by atoms with Crippen LogP contribution in [0.3, 0.4) is 0 Å². The van der Waals surface area contributed by atoms with Gasteiger partial charge < -0.3 is 19.5 Å². The molecule has 0 aliphatic carbocycles. The van der Waals surface area contributed by atoms with Gasteiger partial charge in [-0.05, 0) is 24.1 Å². The highest BCUT2D eigenvalue weighted by molar-refractivity contribution is 5.99. The van der Waals surface area contributed by atoms with Crippen molar-refractivity contribution in [1.29, 1.82) is 0 Å². The number of para-hydroxylation sites is 2. The van der Waals surface area contributed by atoms with Crippen molar-refractivity contribution >= 4 is 40.6 Å². The number of aromatic amines is 1. The highest BCUT2D eigenvalue weighted by atomic mass is 16.5. The van der Waals surface area contributed by atoms with Crippen molar-refractivity contribution < 1.29 is 4.74 Å². The van der Waals surface area contributed by atoms with Gasteiger partial charge in [0.05, 0.1) is 19.4 Å². The minimum atomic E-state index is 0.418. The third kappa shape index (κ3) is 3.87. The zero-order chi connectivity index (χ0) is 22.0. The molecule has 0 radical (unpaired) electrons. The van der Waals surface area contributed by atoms with Crippen molar-refractivity contribution in [3.63, 3.8) is 0 Å². The van der Waals surface area contributed by atoms with E-state index >= 15 is 0 Å². The number of anilines is 4. The third-order valence-corrected chi connectivity index (χ3v) is 6.02. The standard InChI is InChI=1S/C24H24N8O/c1-4-8-21-17(5-1)9-10-32(21)24-28-22(27-23(29-24)31-11-13-33-14-12-31)30-26-16-18-15-25-20-7-3-2-6-19(18)20/h1-8,15-16,25H,9-14H2,(H,27,28,29,30)/b26-16+. The molecule has 0 saturated carbocycles.